The number of ether oxygens (including phenoxy) is 2. The average molecular weight is 561 g/mol. The van der Waals surface area contributed by atoms with E-state index in [-0.39, 0.29) is 23.5 Å². The number of benzene rings is 2. The van der Waals surface area contributed by atoms with Gasteiger partial charge in [-0.2, -0.15) is 5.26 Å². The molecule has 0 aliphatic rings. The van der Waals surface area contributed by atoms with Crippen LogP contribution in [0.1, 0.15) is 30.6 Å². The molecule has 8 nitrogen and oxygen atoms in total. The highest BCUT2D eigenvalue weighted by molar-refractivity contribution is 6.32. The van der Waals surface area contributed by atoms with E-state index in [0.29, 0.717) is 33.0 Å². The SMILES string of the molecule is [2H]/C(=C\C([2H])([2H])N(C)C)C(=O)Cc1cc2c(Nc3ccc(OCc4ccccn4)c(Cl)c3)c(C#N)cnc2cc1OC([2H])([2H])C. The summed E-state index contributed by atoms with van der Waals surface area (Å²) in [5, 5.41) is 13.8. The zero-order chi connectivity index (χ0) is 32.9. The van der Waals surface area contributed by atoms with E-state index < -0.39 is 31.3 Å². The number of likely N-dealkylation sites (N-methyl/N-ethyl adjacent to an activating group) is 1. The van der Waals surface area contributed by atoms with Crippen molar-refractivity contribution in [3.8, 4) is 17.6 Å². The van der Waals surface area contributed by atoms with Gasteiger partial charge in [-0.15, -0.1) is 0 Å². The fourth-order valence-electron chi connectivity index (χ4n) is 3.77. The first-order valence-electron chi connectivity index (χ1n) is 14.7. The minimum absolute atomic E-state index is 0.0207. The minimum atomic E-state index is -2.11. The Morgan fingerprint density at radius 2 is 2.05 bits per heavy atom. The van der Waals surface area contributed by atoms with Crippen molar-refractivity contribution in [1.82, 2.24) is 14.9 Å². The molecule has 1 N–H and O–H groups in total. The first-order valence-corrected chi connectivity index (χ1v) is 12.6. The Kier molecular flexibility index (Phi) is 7.59. The lowest BCUT2D eigenvalue weighted by molar-refractivity contribution is -0.114. The van der Waals surface area contributed by atoms with E-state index in [9.17, 15) is 10.1 Å². The second kappa shape index (κ2) is 13.6. The topological polar surface area (TPSA) is 100 Å². The van der Waals surface area contributed by atoms with Crippen LogP contribution in [0.4, 0.5) is 11.4 Å². The van der Waals surface area contributed by atoms with Crippen molar-refractivity contribution in [2.45, 2.75) is 20.0 Å². The third-order valence-electron chi connectivity index (χ3n) is 5.59. The molecule has 0 unspecified atom stereocenters. The highest BCUT2D eigenvalue weighted by atomic mass is 35.5. The van der Waals surface area contributed by atoms with Gasteiger partial charge in [0.05, 0.1) is 38.2 Å². The van der Waals surface area contributed by atoms with E-state index in [1.165, 1.54) is 38.2 Å². The monoisotopic (exact) mass is 560 g/mol. The summed E-state index contributed by atoms with van der Waals surface area (Å²) in [5.74, 6) is -0.261. The van der Waals surface area contributed by atoms with Crippen LogP contribution in [0.5, 0.6) is 11.5 Å². The molecule has 40 heavy (non-hydrogen) atoms. The lowest BCUT2D eigenvalue weighted by Gasteiger charge is -2.16. The van der Waals surface area contributed by atoms with Crippen LogP contribution in [-0.4, -0.2) is 47.8 Å². The van der Waals surface area contributed by atoms with Gasteiger partial charge in [0.15, 0.2) is 5.78 Å². The second-order valence-corrected chi connectivity index (χ2v) is 9.14. The third-order valence-corrected chi connectivity index (χ3v) is 5.89. The maximum absolute atomic E-state index is 13.1. The van der Waals surface area contributed by atoms with Crippen molar-refractivity contribution in [3.63, 3.8) is 0 Å². The number of carbonyl (C=O) groups is 1. The Morgan fingerprint density at radius 1 is 1.20 bits per heavy atom. The van der Waals surface area contributed by atoms with Crippen molar-refractivity contribution < 1.29 is 21.1 Å². The van der Waals surface area contributed by atoms with Gasteiger partial charge in [0.25, 0.3) is 0 Å². The number of nitrogens with one attached hydrogen (secondary N) is 1. The molecule has 2 aromatic carbocycles. The molecule has 0 aliphatic heterocycles. The summed E-state index contributed by atoms with van der Waals surface area (Å²) in [7, 11) is 2.97. The van der Waals surface area contributed by atoms with Gasteiger partial charge in [0, 0.05) is 50.8 Å². The zero-order valence-corrected chi connectivity index (χ0v) is 22.9. The number of halogens is 1. The van der Waals surface area contributed by atoms with E-state index in [4.69, 9.17) is 27.9 Å². The third kappa shape index (κ3) is 7.35. The fourth-order valence-corrected chi connectivity index (χ4v) is 4.00. The van der Waals surface area contributed by atoms with Crippen molar-refractivity contribution in [1.29, 1.82) is 5.26 Å². The van der Waals surface area contributed by atoms with Crippen molar-refractivity contribution in [2.75, 3.05) is 32.5 Å². The van der Waals surface area contributed by atoms with Crippen LogP contribution in [0.25, 0.3) is 10.9 Å². The number of pyridine rings is 2. The van der Waals surface area contributed by atoms with Gasteiger partial charge in [-0.3, -0.25) is 14.8 Å². The van der Waals surface area contributed by atoms with E-state index in [1.54, 1.807) is 30.5 Å². The van der Waals surface area contributed by atoms with Crippen LogP contribution >= 0.6 is 11.6 Å². The summed E-state index contributed by atoms with van der Waals surface area (Å²) >= 11 is 6.51. The number of rotatable bonds is 12. The Labute approximate surface area is 245 Å². The molecule has 0 aliphatic carbocycles. The molecule has 0 atom stereocenters. The molecule has 0 fully saturated rings. The zero-order valence-electron chi connectivity index (χ0n) is 27.2. The Balaban J connectivity index is 1.72. The van der Waals surface area contributed by atoms with Crippen LogP contribution in [0, 0.1) is 11.3 Å². The van der Waals surface area contributed by atoms with Gasteiger partial charge in [-0.05, 0) is 63.5 Å². The van der Waals surface area contributed by atoms with Gasteiger partial charge in [-0.25, -0.2) is 0 Å². The van der Waals surface area contributed by atoms with Gasteiger partial charge in [0.1, 0.15) is 24.2 Å². The molecule has 2 heterocycles. The predicted molar refractivity (Wildman–Crippen MR) is 157 cm³/mol. The van der Waals surface area contributed by atoms with Crippen LogP contribution < -0.4 is 14.8 Å². The van der Waals surface area contributed by atoms with E-state index >= 15 is 0 Å². The number of hydrogen-bond donors (Lipinski definition) is 1. The molecule has 0 saturated heterocycles. The fraction of sp³-hybridized carbons (Fsp3) is 0.226. The summed E-state index contributed by atoms with van der Waals surface area (Å²) in [6, 6.07) is 15.1. The molecule has 0 amide bonds. The molecule has 2 aromatic heterocycles. The number of anilines is 2. The first kappa shape index (κ1) is 22.4. The van der Waals surface area contributed by atoms with Crippen LogP contribution in [0.3, 0.4) is 0 Å². The Bertz CT molecular complexity index is 1790. The van der Waals surface area contributed by atoms with Crippen LogP contribution in [-0.2, 0) is 17.8 Å². The lowest BCUT2D eigenvalue weighted by Crippen LogP contribution is -2.11. The number of ketones is 1. The largest absolute Gasteiger partial charge is 0.494 e. The molecular formula is C31H30ClN5O3. The summed E-state index contributed by atoms with van der Waals surface area (Å²) in [6.07, 6.45) is 3.54. The second-order valence-electron chi connectivity index (χ2n) is 8.73. The number of hydrogen-bond acceptors (Lipinski definition) is 8. The van der Waals surface area contributed by atoms with Gasteiger partial charge < -0.3 is 19.7 Å². The number of fused-ring (bicyclic) bond motifs is 1. The molecule has 0 saturated carbocycles. The molecule has 0 spiro atoms. The predicted octanol–water partition coefficient (Wildman–Crippen LogP) is 6.11. The highest BCUT2D eigenvalue weighted by Crippen LogP contribution is 2.36. The Morgan fingerprint density at radius 3 is 2.75 bits per heavy atom. The normalized spacial score (nSPS) is 13.9. The summed E-state index contributed by atoms with van der Waals surface area (Å²) in [5.41, 5.74) is 2.37. The van der Waals surface area contributed by atoms with Crippen molar-refractivity contribution in [2.24, 2.45) is 0 Å². The van der Waals surface area contributed by atoms with E-state index in [0.717, 1.165) is 11.8 Å². The summed E-state index contributed by atoms with van der Waals surface area (Å²) < 4.78 is 51.4. The van der Waals surface area contributed by atoms with E-state index in [1.807, 2.05) is 18.2 Å². The maximum Gasteiger partial charge on any atom is 0.159 e. The number of aromatic nitrogens is 2. The maximum atomic E-state index is 13.1. The molecule has 204 valence electrons. The quantitative estimate of drug-likeness (QED) is 0.207. The smallest absolute Gasteiger partial charge is 0.159 e. The van der Waals surface area contributed by atoms with Crippen molar-refractivity contribution in [3.05, 3.63) is 94.9 Å². The number of allylic oxidation sites excluding steroid dienone is 1. The standard InChI is InChI=1S/C31H30ClN5O3/c1-4-39-30-17-28-26(15-21(30)14-25(38)9-7-13-37(2)3)31(22(18-33)19-35-28)36-23-10-11-29(27(32)16-23)40-20-24-8-5-6-12-34-24/h5-12,15-17,19H,4,13-14,20H2,1-3H3,(H,35,36)/b9-7+/i4D2,9D,13D2. The lowest BCUT2D eigenvalue weighted by atomic mass is 10.0. The summed E-state index contributed by atoms with van der Waals surface area (Å²) in [6.45, 7) is -2.73. The molecule has 4 rings (SSSR count). The van der Waals surface area contributed by atoms with Crippen molar-refractivity contribution >= 4 is 39.7 Å². The minimum Gasteiger partial charge on any atom is -0.494 e. The first-order chi connectivity index (χ1) is 21.2. The molecule has 0 bridgehead atoms. The number of carbonyl (C=O) groups excluding carboxylic acids is 1. The molecule has 9 heteroatoms. The highest BCUT2D eigenvalue weighted by Gasteiger charge is 2.16. The number of nitriles is 1. The van der Waals surface area contributed by atoms with Crippen LogP contribution in [0.2, 0.25) is 5.02 Å². The van der Waals surface area contributed by atoms with Gasteiger partial charge >= 0.3 is 0 Å². The Hall–Kier alpha value is -4.45. The number of nitrogens with zero attached hydrogens (tertiary/aromatic N) is 4. The molecule has 4 aromatic rings. The van der Waals surface area contributed by atoms with E-state index in [2.05, 4.69) is 21.4 Å². The summed E-state index contributed by atoms with van der Waals surface area (Å²) in [4.78, 5) is 22.9. The van der Waals surface area contributed by atoms with Gasteiger partial charge in [-0.1, -0.05) is 23.7 Å². The molecular weight excluding hydrogens is 526 g/mol. The van der Waals surface area contributed by atoms with Crippen LogP contribution in [0.15, 0.2) is 73.1 Å². The molecule has 0 radical (unpaired) electrons. The average Bonchev–Trinajstić information content (AvgIpc) is 2.96. The van der Waals surface area contributed by atoms with Gasteiger partial charge in [0.2, 0.25) is 0 Å².